The molecule has 7 heteroatoms. The molecule has 0 bridgehead atoms. The highest BCUT2D eigenvalue weighted by Crippen LogP contribution is 2.35. The normalized spacial score (nSPS) is 13.4. The number of rotatable bonds is 6. The summed E-state index contributed by atoms with van der Waals surface area (Å²) in [7, 11) is 5.24. The third kappa shape index (κ3) is 3.48. The number of anilines is 1. The second-order valence-electron chi connectivity index (χ2n) is 7.40. The Hall–Kier alpha value is -2.54. The fraction of sp³-hybridized carbons (Fsp3) is 0.455. The van der Waals surface area contributed by atoms with Gasteiger partial charge in [0.25, 0.3) is 5.56 Å². The molecule has 0 aliphatic heterocycles. The van der Waals surface area contributed by atoms with E-state index in [0.29, 0.717) is 30.5 Å². The number of ether oxygens (including phenoxy) is 2. The van der Waals surface area contributed by atoms with Gasteiger partial charge in [-0.15, -0.1) is 11.3 Å². The van der Waals surface area contributed by atoms with Gasteiger partial charge in [0.1, 0.15) is 4.83 Å². The molecule has 4 rings (SSSR count). The number of aromatic nitrogens is 2. The number of methoxy groups -OCH3 is 2. The van der Waals surface area contributed by atoms with Crippen molar-refractivity contribution in [2.75, 3.05) is 26.2 Å². The van der Waals surface area contributed by atoms with Crippen molar-refractivity contribution in [1.82, 2.24) is 9.55 Å². The lowest BCUT2D eigenvalue weighted by atomic mass is 9.97. The van der Waals surface area contributed by atoms with Gasteiger partial charge >= 0.3 is 0 Å². The largest absolute Gasteiger partial charge is 0.493 e. The minimum Gasteiger partial charge on any atom is -0.493 e. The first-order valence-electron chi connectivity index (χ1n) is 10.0. The number of aryl methyl sites for hydroxylation is 2. The summed E-state index contributed by atoms with van der Waals surface area (Å²) >= 11 is 1.69. The van der Waals surface area contributed by atoms with Crippen LogP contribution in [0.15, 0.2) is 23.0 Å². The van der Waals surface area contributed by atoms with Crippen molar-refractivity contribution in [1.29, 1.82) is 0 Å². The standard InChI is InChI=1S/C22H27N3O3S/c1-5-25-21(26)19-15-8-6-7-9-18(15)29-20(19)23-22(25)24(2)13-14-10-11-16(27-3)17(12-14)28-4/h10-12H,5-9,13H2,1-4H3. The van der Waals surface area contributed by atoms with Gasteiger partial charge < -0.3 is 14.4 Å². The number of benzene rings is 1. The second kappa shape index (κ2) is 8.06. The van der Waals surface area contributed by atoms with Crippen LogP contribution in [0.25, 0.3) is 10.2 Å². The van der Waals surface area contributed by atoms with Crippen LogP contribution in [0, 0.1) is 0 Å². The van der Waals surface area contributed by atoms with E-state index < -0.39 is 0 Å². The lowest BCUT2D eigenvalue weighted by Gasteiger charge is -2.22. The number of hydrogen-bond donors (Lipinski definition) is 0. The van der Waals surface area contributed by atoms with Crippen LogP contribution >= 0.6 is 11.3 Å². The smallest absolute Gasteiger partial charge is 0.263 e. The zero-order valence-corrected chi connectivity index (χ0v) is 18.3. The van der Waals surface area contributed by atoms with Crippen LogP contribution in [0.2, 0.25) is 0 Å². The van der Waals surface area contributed by atoms with Crippen molar-refractivity contribution >= 4 is 27.5 Å². The fourth-order valence-corrected chi connectivity index (χ4v) is 5.37. The van der Waals surface area contributed by atoms with E-state index in [2.05, 4.69) is 0 Å². The van der Waals surface area contributed by atoms with E-state index in [1.165, 1.54) is 16.9 Å². The summed E-state index contributed by atoms with van der Waals surface area (Å²) < 4.78 is 12.5. The predicted octanol–water partition coefficient (Wildman–Crippen LogP) is 4.01. The molecule has 0 radical (unpaired) electrons. The highest BCUT2D eigenvalue weighted by molar-refractivity contribution is 7.18. The van der Waals surface area contributed by atoms with Crippen molar-refractivity contribution < 1.29 is 9.47 Å². The Morgan fingerprint density at radius 2 is 1.93 bits per heavy atom. The summed E-state index contributed by atoms with van der Waals surface area (Å²) in [5, 5.41) is 0.842. The minimum absolute atomic E-state index is 0.0889. The summed E-state index contributed by atoms with van der Waals surface area (Å²) in [6, 6.07) is 5.87. The van der Waals surface area contributed by atoms with Crippen LogP contribution in [-0.4, -0.2) is 30.8 Å². The van der Waals surface area contributed by atoms with Gasteiger partial charge in [0.05, 0.1) is 19.6 Å². The number of hydrogen-bond acceptors (Lipinski definition) is 6. The van der Waals surface area contributed by atoms with Crippen LogP contribution < -0.4 is 19.9 Å². The molecule has 1 aliphatic carbocycles. The molecule has 3 aromatic rings. The van der Waals surface area contributed by atoms with Gasteiger partial charge in [0.2, 0.25) is 5.95 Å². The maximum Gasteiger partial charge on any atom is 0.263 e. The highest BCUT2D eigenvalue weighted by Gasteiger charge is 2.23. The maximum absolute atomic E-state index is 13.3. The Morgan fingerprint density at radius 1 is 1.17 bits per heavy atom. The monoisotopic (exact) mass is 413 g/mol. The Balaban J connectivity index is 1.74. The Labute approximate surface area is 174 Å². The van der Waals surface area contributed by atoms with E-state index in [4.69, 9.17) is 14.5 Å². The van der Waals surface area contributed by atoms with Crippen LogP contribution in [0.4, 0.5) is 5.95 Å². The van der Waals surface area contributed by atoms with E-state index in [-0.39, 0.29) is 5.56 Å². The third-order valence-electron chi connectivity index (χ3n) is 5.58. The molecule has 0 unspecified atom stereocenters. The van der Waals surface area contributed by atoms with Gasteiger partial charge in [-0.25, -0.2) is 4.98 Å². The molecule has 0 fully saturated rings. The predicted molar refractivity (Wildman–Crippen MR) is 118 cm³/mol. The molecule has 154 valence electrons. The SMILES string of the molecule is CCn1c(N(C)Cc2ccc(OC)c(OC)c2)nc2sc3c(c2c1=O)CCCC3. The molecule has 1 aromatic carbocycles. The lowest BCUT2D eigenvalue weighted by molar-refractivity contribution is 0.354. The first kappa shape index (κ1) is 19.8. The molecule has 6 nitrogen and oxygen atoms in total. The van der Waals surface area contributed by atoms with Gasteiger partial charge in [-0.2, -0.15) is 0 Å². The number of thiophene rings is 1. The zero-order chi connectivity index (χ0) is 20.5. The highest BCUT2D eigenvalue weighted by atomic mass is 32.1. The summed E-state index contributed by atoms with van der Waals surface area (Å²) in [6.45, 7) is 3.21. The van der Waals surface area contributed by atoms with Crippen molar-refractivity contribution in [3.8, 4) is 11.5 Å². The topological polar surface area (TPSA) is 56.6 Å². The number of nitrogens with zero attached hydrogens (tertiary/aromatic N) is 3. The first-order valence-corrected chi connectivity index (χ1v) is 10.9. The van der Waals surface area contributed by atoms with Crippen molar-refractivity contribution in [2.45, 2.75) is 45.7 Å². The van der Waals surface area contributed by atoms with Crippen molar-refractivity contribution in [2.24, 2.45) is 0 Å². The van der Waals surface area contributed by atoms with Gasteiger partial charge in [-0.1, -0.05) is 6.07 Å². The molecule has 2 aromatic heterocycles. The lowest BCUT2D eigenvalue weighted by Crippen LogP contribution is -2.30. The van der Waals surface area contributed by atoms with Crippen molar-refractivity contribution in [3.05, 3.63) is 44.6 Å². The first-order chi connectivity index (χ1) is 14.1. The van der Waals surface area contributed by atoms with E-state index in [9.17, 15) is 4.79 Å². The van der Waals surface area contributed by atoms with Gasteiger partial charge in [0, 0.05) is 25.0 Å². The molecular formula is C22H27N3O3S. The summed E-state index contributed by atoms with van der Waals surface area (Å²) in [5.41, 5.74) is 2.39. The molecule has 1 aliphatic rings. The minimum atomic E-state index is 0.0889. The molecule has 0 amide bonds. The molecular weight excluding hydrogens is 386 g/mol. The fourth-order valence-electron chi connectivity index (χ4n) is 4.13. The molecule has 0 atom stereocenters. The molecule has 0 spiro atoms. The Morgan fingerprint density at radius 3 is 2.66 bits per heavy atom. The summed E-state index contributed by atoms with van der Waals surface area (Å²) in [5.74, 6) is 2.10. The average molecular weight is 414 g/mol. The van der Waals surface area contributed by atoms with E-state index in [1.54, 1.807) is 30.1 Å². The third-order valence-corrected chi connectivity index (χ3v) is 6.77. The van der Waals surface area contributed by atoms with E-state index >= 15 is 0 Å². The Kier molecular flexibility index (Phi) is 5.50. The van der Waals surface area contributed by atoms with Crippen LogP contribution in [0.1, 0.15) is 35.8 Å². The van der Waals surface area contributed by atoms with Crippen LogP contribution in [0.5, 0.6) is 11.5 Å². The zero-order valence-electron chi connectivity index (χ0n) is 17.4. The quantitative estimate of drug-likeness (QED) is 0.611. The molecule has 2 heterocycles. The van der Waals surface area contributed by atoms with E-state index in [0.717, 1.165) is 35.0 Å². The van der Waals surface area contributed by atoms with Crippen LogP contribution in [0.3, 0.4) is 0 Å². The molecule has 0 saturated heterocycles. The number of fused-ring (bicyclic) bond motifs is 3. The Bertz CT molecular complexity index is 1100. The van der Waals surface area contributed by atoms with Gasteiger partial charge in [-0.05, 0) is 55.9 Å². The second-order valence-corrected chi connectivity index (χ2v) is 8.48. The molecule has 0 N–H and O–H groups in total. The van der Waals surface area contributed by atoms with Crippen molar-refractivity contribution in [3.63, 3.8) is 0 Å². The van der Waals surface area contributed by atoms with E-state index in [1.807, 2.05) is 37.1 Å². The average Bonchev–Trinajstić information content (AvgIpc) is 3.12. The summed E-state index contributed by atoms with van der Waals surface area (Å²) in [6.07, 6.45) is 4.43. The molecule has 29 heavy (non-hydrogen) atoms. The summed E-state index contributed by atoms with van der Waals surface area (Å²) in [4.78, 5) is 22.5. The molecule has 0 saturated carbocycles. The van der Waals surface area contributed by atoms with Gasteiger partial charge in [0.15, 0.2) is 11.5 Å². The van der Waals surface area contributed by atoms with Crippen LogP contribution in [-0.2, 0) is 25.9 Å². The van der Waals surface area contributed by atoms with Gasteiger partial charge in [-0.3, -0.25) is 9.36 Å². The maximum atomic E-state index is 13.3.